The number of aromatic hydroxyl groups is 1. The summed E-state index contributed by atoms with van der Waals surface area (Å²) in [5, 5.41) is 26.8. The summed E-state index contributed by atoms with van der Waals surface area (Å²) in [5.41, 5.74) is 12.3. The van der Waals surface area contributed by atoms with Crippen molar-refractivity contribution in [1.29, 1.82) is 0 Å². The number of nitrogens with one attached hydrogen (secondary N) is 4. The van der Waals surface area contributed by atoms with Gasteiger partial charge >= 0.3 is 5.97 Å². The Morgan fingerprint density at radius 3 is 2.10 bits per heavy atom. The number of hydrogen-bond acceptors (Lipinski definition) is 8. The van der Waals surface area contributed by atoms with E-state index >= 15 is 0 Å². The molecule has 5 atom stereocenters. The van der Waals surface area contributed by atoms with Crippen LogP contribution in [-0.2, 0) is 36.8 Å². The van der Waals surface area contributed by atoms with Crippen molar-refractivity contribution >= 4 is 29.6 Å². The molecule has 0 aliphatic rings. The molecule has 0 spiro atoms. The highest BCUT2D eigenvalue weighted by atomic mass is 16.4. The molecule has 1 aromatic carbocycles. The second-order valence-corrected chi connectivity index (χ2v) is 9.59. The molecule has 1 heterocycles. The van der Waals surface area contributed by atoms with Gasteiger partial charge in [-0.05, 0) is 30.0 Å². The van der Waals surface area contributed by atoms with Crippen LogP contribution in [0.5, 0.6) is 5.75 Å². The van der Waals surface area contributed by atoms with Crippen LogP contribution in [0.3, 0.4) is 0 Å². The third-order valence-electron chi connectivity index (χ3n) is 6.47. The van der Waals surface area contributed by atoms with E-state index in [1.54, 1.807) is 19.1 Å². The van der Waals surface area contributed by atoms with Gasteiger partial charge in [0.05, 0.1) is 12.4 Å². The maximum atomic E-state index is 13.3. The number of nitrogens with two attached hydrogens (primary N) is 2. The average molecular weight is 560 g/mol. The number of aromatic nitrogens is 2. The Balaban J connectivity index is 2.28. The number of H-pyrrole nitrogens is 1. The molecule has 2 aromatic rings. The van der Waals surface area contributed by atoms with E-state index in [1.165, 1.54) is 24.7 Å². The van der Waals surface area contributed by atoms with Crippen LogP contribution in [0, 0.1) is 5.92 Å². The minimum absolute atomic E-state index is 0.00819. The van der Waals surface area contributed by atoms with Crippen LogP contribution in [0.1, 0.15) is 44.4 Å². The Kier molecular flexibility index (Phi) is 12.1. The summed E-state index contributed by atoms with van der Waals surface area (Å²) in [6, 6.07) is 1.10. The molecule has 4 amide bonds. The van der Waals surface area contributed by atoms with Crippen LogP contribution in [-0.4, -0.2) is 73.9 Å². The first-order valence-corrected chi connectivity index (χ1v) is 12.8. The number of primary amides is 1. The Morgan fingerprint density at radius 2 is 1.55 bits per heavy atom. The summed E-state index contributed by atoms with van der Waals surface area (Å²) in [5.74, 6) is -4.39. The number of carboxylic acid groups (broad SMARTS) is 1. The van der Waals surface area contributed by atoms with E-state index in [4.69, 9.17) is 11.5 Å². The maximum Gasteiger partial charge on any atom is 0.326 e. The number of aliphatic carboxylic acids is 1. The van der Waals surface area contributed by atoms with Gasteiger partial charge in [-0.3, -0.25) is 19.2 Å². The molecule has 0 saturated heterocycles. The predicted octanol–water partition coefficient (Wildman–Crippen LogP) is -0.922. The number of imidazole rings is 1. The van der Waals surface area contributed by atoms with E-state index < -0.39 is 53.8 Å². The zero-order chi connectivity index (χ0) is 29.8. The first-order chi connectivity index (χ1) is 18.9. The van der Waals surface area contributed by atoms with E-state index in [-0.39, 0.29) is 37.4 Å². The van der Waals surface area contributed by atoms with Crippen molar-refractivity contribution in [2.24, 2.45) is 17.4 Å². The smallest absolute Gasteiger partial charge is 0.326 e. The lowest BCUT2D eigenvalue weighted by Crippen LogP contribution is -2.58. The van der Waals surface area contributed by atoms with E-state index in [1.807, 2.05) is 6.92 Å². The molecule has 0 bridgehead atoms. The fourth-order valence-corrected chi connectivity index (χ4v) is 3.77. The van der Waals surface area contributed by atoms with Gasteiger partial charge < -0.3 is 42.6 Å². The molecular weight excluding hydrogens is 522 g/mol. The molecule has 40 heavy (non-hydrogen) atoms. The summed E-state index contributed by atoms with van der Waals surface area (Å²) in [7, 11) is 0. The zero-order valence-corrected chi connectivity index (χ0v) is 22.4. The normalized spacial score (nSPS) is 14.7. The minimum Gasteiger partial charge on any atom is -0.508 e. The summed E-state index contributed by atoms with van der Waals surface area (Å²) in [6.45, 7) is 3.64. The van der Waals surface area contributed by atoms with Gasteiger partial charge in [0.2, 0.25) is 23.6 Å². The molecule has 2 rings (SSSR count). The summed E-state index contributed by atoms with van der Waals surface area (Å²) >= 11 is 0. The molecule has 0 fully saturated rings. The zero-order valence-electron chi connectivity index (χ0n) is 22.4. The number of carboxylic acids is 1. The van der Waals surface area contributed by atoms with Gasteiger partial charge in [0, 0.05) is 31.2 Å². The van der Waals surface area contributed by atoms with Gasteiger partial charge in [0.25, 0.3) is 0 Å². The van der Waals surface area contributed by atoms with Gasteiger partial charge in [0.15, 0.2) is 0 Å². The molecular formula is C26H37N7O7. The highest BCUT2D eigenvalue weighted by Gasteiger charge is 2.31. The predicted molar refractivity (Wildman–Crippen MR) is 143 cm³/mol. The van der Waals surface area contributed by atoms with Crippen LogP contribution < -0.4 is 27.4 Å². The molecule has 0 radical (unpaired) electrons. The number of aromatic amines is 1. The topological polar surface area (TPSA) is 243 Å². The van der Waals surface area contributed by atoms with Gasteiger partial charge in [-0.25, -0.2) is 9.78 Å². The number of nitrogens with zero attached hydrogens (tertiary/aromatic N) is 1. The van der Waals surface area contributed by atoms with Crippen LogP contribution in [0.2, 0.25) is 0 Å². The maximum absolute atomic E-state index is 13.3. The fraction of sp³-hybridized carbons (Fsp3) is 0.462. The summed E-state index contributed by atoms with van der Waals surface area (Å²) < 4.78 is 0. The Labute approximate surface area is 231 Å². The fourth-order valence-electron chi connectivity index (χ4n) is 3.77. The number of phenolic OH excluding ortho intramolecular Hbond substituents is 1. The first kappa shape index (κ1) is 31.8. The Hall–Kier alpha value is -4.46. The molecule has 14 nitrogen and oxygen atoms in total. The number of carbonyl (C=O) groups is 5. The molecule has 14 heteroatoms. The molecule has 0 saturated carbocycles. The van der Waals surface area contributed by atoms with Crippen molar-refractivity contribution in [3.05, 3.63) is 48.0 Å². The highest BCUT2D eigenvalue weighted by Crippen LogP contribution is 2.13. The molecule has 5 unspecified atom stereocenters. The Morgan fingerprint density at radius 1 is 0.950 bits per heavy atom. The number of hydrogen-bond donors (Lipinski definition) is 8. The summed E-state index contributed by atoms with van der Waals surface area (Å²) in [6.07, 6.45) is 2.88. The van der Waals surface area contributed by atoms with E-state index in [0.717, 1.165) is 0 Å². The summed E-state index contributed by atoms with van der Waals surface area (Å²) in [4.78, 5) is 69.2. The lowest BCUT2D eigenvalue weighted by atomic mass is 9.98. The Bertz CT molecular complexity index is 1150. The largest absolute Gasteiger partial charge is 0.508 e. The van der Waals surface area contributed by atoms with Crippen molar-refractivity contribution in [1.82, 2.24) is 25.9 Å². The highest BCUT2D eigenvalue weighted by molar-refractivity contribution is 5.94. The standard InChI is InChI=1S/C26H37N7O7/c1-3-14(2)22(28)25(38)31-18(8-9-21(27)35)23(36)32-19(10-15-4-6-17(34)7-5-15)24(37)33-20(26(39)40)11-16-12-29-13-30-16/h4-7,12-14,18-20,22,34H,3,8-11,28H2,1-2H3,(H2,27,35)(H,29,30)(H,31,38)(H,32,36)(H,33,37)(H,39,40). The van der Waals surface area contributed by atoms with Crippen molar-refractivity contribution < 1.29 is 34.2 Å². The number of rotatable bonds is 16. The lowest BCUT2D eigenvalue weighted by Gasteiger charge is -2.26. The molecule has 218 valence electrons. The van der Waals surface area contributed by atoms with Crippen LogP contribution in [0.15, 0.2) is 36.8 Å². The third kappa shape index (κ3) is 10.0. The second kappa shape index (κ2) is 15.2. The molecule has 10 N–H and O–H groups in total. The van der Waals surface area contributed by atoms with Gasteiger partial charge in [0.1, 0.15) is 23.9 Å². The lowest BCUT2D eigenvalue weighted by molar-refractivity contribution is -0.142. The number of phenols is 1. The van der Waals surface area contributed by atoms with Crippen LogP contribution >= 0.6 is 0 Å². The van der Waals surface area contributed by atoms with E-state index in [2.05, 4.69) is 25.9 Å². The van der Waals surface area contributed by atoms with Gasteiger partial charge in [-0.15, -0.1) is 0 Å². The van der Waals surface area contributed by atoms with Crippen molar-refractivity contribution in [2.75, 3.05) is 0 Å². The number of carbonyl (C=O) groups excluding carboxylic acids is 4. The number of benzene rings is 1. The quantitative estimate of drug-likeness (QED) is 0.127. The van der Waals surface area contributed by atoms with Crippen molar-refractivity contribution in [2.45, 2.75) is 70.1 Å². The van der Waals surface area contributed by atoms with Gasteiger partial charge in [-0.1, -0.05) is 32.4 Å². The van der Waals surface area contributed by atoms with Crippen LogP contribution in [0.4, 0.5) is 0 Å². The average Bonchev–Trinajstić information content (AvgIpc) is 3.43. The molecule has 0 aliphatic carbocycles. The monoisotopic (exact) mass is 559 g/mol. The molecule has 1 aromatic heterocycles. The van der Waals surface area contributed by atoms with E-state index in [9.17, 15) is 34.2 Å². The number of amides is 4. The SMILES string of the molecule is CCC(C)C(N)C(=O)NC(CCC(N)=O)C(=O)NC(Cc1ccc(O)cc1)C(=O)NC(Cc1cnc[nH]1)C(=O)O. The van der Waals surface area contributed by atoms with E-state index in [0.29, 0.717) is 17.7 Å². The van der Waals surface area contributed by atoms with Crippen LogP contribution in [0.25, 0.3) is 0 Å². The molecule has 0 aliphatic heterocycles. The van der Waals surface area contributed by atoms with Crippen molar-refractivity contribution in [3.63, 3.8) is 0 Å². The first-order valence-electron chi connectivity index (χ1n) is 12.8. The van der Waals surface area contributed by atoms with Gasteiger partial charge in [-0.2, -0.15) is 0 Å². The third-order valence-corrected chi connectivity index (χ3v) is 6.47. The second-order valence-electron chi connectivity index (χ2n) is 9.59. The van der Waals surface area contributed by atoms with Crippen molar-refractivity contribution in [3.8, 4) is 5.75 Å². The minimum atomic E-state index is -1.34.